The van der Waals surface area contributed by atoms with Crippen molar-refractivity contribution in [2.75, 3.05) is 13.6 Å². The Labute approximate surface area is 78.3 Å². The highest BCUT2D eigenvalue weighted by Gasteiger charge is 2.20. The molecule has 0 saturated heterocycles. The minimum Gasteiger partial charge on any atom is -0.325 e. The van der Waals surface area contributed by atoms with Gasteiger partial charge in [-0.15, -0.1) is 0 Å². The zero-order chi connectivity index (χ0) is 9.42. The van der Waals surface area contributed by atoms with E-state index in [0.717, 1.165) is 19.5 Å². The minimum absolute atomic E-state index is 0.600. The SMILES string of the molecule is CN1CCc2c(nn(C)c2CN)C1. The van der Waals surface area contributed by atoms with Gasteiger partial charge in [0, 0.05) is 32.2 Å². The molecule has 2 rings (SSSR count). The van der Waals surface area contributed by atoms with Crippen LogP contribution in [-0.4, -0.2) is 28.3 Å². The van der Waals surface area contributed by atoms with Crippen molar-refractivity contribution >= 4 is 0 Å². The van der Waals surface area contributed by atoms with Gasteiger partial charge in [-0.25, -0.2) is 0 Å². The van der Waals surface area contributed by atoms with E-state index in [2.05, 4.69) is 17.0 Å². The maximum absolute atomic E-state index is 5.68. The second-order valence-electron chi connectivity index (χ2n) is 3.69. The van der Waals surface area contributed by atoms with E-state index < -0.39 is 0 Å². The molecule has 0 radical (unpaired) electrons. The first-order chi connectivity index (χ1) is 6.22. The van der Waals surface area contributed by atoms with E-state index in [4.69, 9.17) is 5.73 Å². The van der Waals surface area contributed by atoms with Gasteiger partial charge in [0.25, 0.3) is 0 Å². The van der Waals surface area contributed by atoms with Crippen LogP contribution in [0.1, 0.15) is 17.0 Å². The van der Waals surface area contributed by atoms with Gasteiger partial charge in [0.1, 0.15) is 0 Å². The van der Waals surface area contributed by atoms with Gasteiger partial charge in [-0.3, -0.25) is 4.68 Å². The molecule has 0 fully saturated rings. The Bertz CT molecular complexity index is 316. The number of rotatable bonds is 1. The molecule has 1 aliphatic heterocycles. The van der Waals surface area contributed by atoms with E-state index in [0.29, 0.717) is 6.54 Å². The van der Waals surface area contributed by atoms with Crippen LogP contribution in [0.4, 0.5) is 0 Å². The lowest BCUT2D eigenvalue weighted by Crippen LogP contribution is -2.26. The summed E-state index contributed by atoms with van der Waals surface area (Å²) in [6, 6.07) is 0. The molecular formula is C9H16N4. The van der Waals surface area contributed by atoms with Crippen LogP contribution < -0.4 is 5.73 Å². The van der Waals surface area contributed by atoms with Gasteiger partial charge in [-0.1, -0.05) is 0 Å². The van der Waals surface area contributed by atoms with Crippen molar-refractivity contribution < 1.29 is 0 Å². The molecule has 0 bridgehead atoms. The first kappa shape index (κ1) is 8.72. The van der Waals surface area contributed by atoms with Crippen molar-refractivity contribution in [1.82, 2.24) is 14.7 Å². The summed E-state index contributed by atoms with van der Waals surface area (Å²) in [5.41, 5.74) is 9.46. The molecule has 4 nitrogen and oxygen atoms in total. The largest absolute Gasteiger partial charge is 0.325 e. The third-order valence-electron chi connectivity index (χ3n) is 2.71. The first-order valence-electron chi connectivity index (χ1n) is 4.64. The number of nitrogens with two attached hydrogens (primary N) is 1. The average molecular weight is 180 g/mol. The second-order valence-corrected chi connectivity index (χ2v) is 3.69. The lowest BCUT2D eigenvalue weighted by molar-refractivity contribution is 0.308. The zero-order valence-electron chi connectivity index (χ0n) is 8.25. The van der Waals surface area contributed by atoms with Crippen LogP contribution in [0.5, 0.6) is 0 Å². The molecule has 0 unspecified atom stereocenters. The van der Waals surface area contributed by atoms with Gasteiger partial charge in [-0.2, -0.15) is 5.10 Å². The van der Waals surface area contributed by atoms with Gasteiger partial charge in [0.2, 0.25) is 0 Å². The smallest absolute Gasteiger partial charge is 0.0800 e. The van der Waals surface area contributed by atoms with Crippen molar-refractivity contribution in [2.45, 2.75) is 19.5 Å². The summed E-state index contributed by atoms with van der Waals surface area (Å²) in [6.07, 6.45) is 1.09. The molecule has 1 aromatic heterocycles. The zero-order valence-corrected chi connectivity index (χ0v) is 8.25. The Balaban J connectivity index is 2.41. The van der Waals surface area contributed by atoms with Crippen molar-refractivity contribution in [2.24, 2.45) is 12.8 Å². The molecule has 2 heterocycles. The summed E-state index contributed by atoms with van der Waals surface area (Å²) < 4.78 is 1.92. The lowest BCUT2D eigenvalue weighted by Gasteiger charge is -2.21. The summed E-state index contributed by atoms with van der Waals surface area (Å²) in [7, 11) is 4.10. The third kappa shape index (κ3) is 1.36. The standard InChI is InChI=1S/C9H16N4/c1-12-4-3-7-8(6-12)11-13(2)9(7)5-10/h3-6,10H2,1-2H3. The predicted molar refractivity (Wildman–Crippen MR) is 51.1 cm³/mol. The summed E-state index contributed by atoms with van der Waals surface area (Å²) in [5, 5.41) is 4.47. The fourth-order valence-corrected chi connectivity index (χ4v) is 1.97. The number of likely N-dealkylation sites (N-methyl/N-ethyl adjacent to an activating group) is 1. The maximum Gasteiger partial charge on any atom is 0.0800 e. The van der Waals surface area contributed by atoms with E-state index in [1.807, 2.05) is 11.7 Å². The van der Waals surface area contributed by atoms with Crippen LogP contribution in [0.15, 0.2) is 0 Å². The number of aromatic nitrogens is 2. The van der Waals surface area contributed by atoms with E-state index in [9.17, 15) is 0 Å². The maximum atomic E-state index is 5.68. The molecule has 0 spiro atoms. The minimum atomic E-state index is 0.600. The molecule has 0 atom stereocenters. The highest BCUT2D eigenvalue weighted by molar-refractivity contribution is 5.28. The lowest BCUT2D eigenvalue weighted by atomic mass is 10.1. The molecule has 2 N–H and O–H groups in total. The summed E-state index contributed by atoms with van der Waals surface area (Å²) in [4.78, 5) is 2.29. The predicted octanol–water partition coefficient (Wildman–Crippen LogP) is -0.133. The van der Waals surface area contributed by atoms with Gasteiger partial charge < -0.3 is 10.6 Å². The Morgan fingerprint density at radius 3 is 2.92 bits per heavy atom. The molecular weight excluding hydrogens is 164 g/mol. The Kier molecular flexibility index (Phi) is 2.09. The van der Waals surface area contributed by atoms with E-state index >= 15 is 0 Å². The van der Waals surface area contributed by atoms with E-state index in [-0.39, 0.29) is 0 Å². The Morgan fingerprint density at radius 2 is 2.23 bits per heavy atom. The van der Waals surface area contributed by atoms with Crippen molar-refractivity contribution in [1.29, 1.82) is 0 Å². The first-order valence-corrected chi connectivity index (χ1v) is 4.64. The number of fused-ring (bicyclic) bond motifs is 1. The van der Waals surface area contributed by atoms with Crippen LogP contribution in [0, 0.1) is 0 Å². The number of hydrogen-bond donors (Lipinski definition) is 1. The summed E-state index contributed by atoms with van der Waals surface area (Å²) in [6.45, 7) is 2.68. The molecule has 4 heteroatoms. The van der Waals surface area contributed by atoms with Crippen molar-refractivity contribution in [3.63, 3.8) is 0 Å². The van der Waals surface area contributed by atoms with Crippen molar-refractivity contribution in [3.8, 4) is 0 Å². The van der Waals surface area contributed by atoms with Gasteiger partial charge in [0.05, 0.1) is 11.4 Å². The van der Waals surface area contributed by atoms with E-state index in [1.165, 1.54) is 17.0 Å². The topological polar surface area (TPSA) is 47.1 Å². The monoisotopic (exact) mass is 180 g/mol. The molecule has 72 valence electrons. The third-order valence-corrected chi connectivity index (χ3v) is 2.71. The molecule has 0 saturated carbocycles. The fourth-order valence-electron chi connectivity index (χ4n) is 1.97. The number of nitrogens with zero attached hydrogens (tertiary/aromatic N) is 3. The molecule has 1 aliphatic rings. The highest BCUT2D eigenvalue weighted by atomic mass is 15.3. The van der Waals surface area contributed by atoms with Gasteiger partial charge >= 0.3 is 0 Å². The van der Waals surface area contributed by atoms with Gasteiger partial charge in [-0.05, 0) is 13.5 Å². The van der Waals surface area contributed by atoms with Crippen LogP contribution >= 0.6 is 0 Å². The van der Waals surface area contributed by atoms with Gasteiger partial charge in [0.15, 0.2) is 0 Å². The Hall–Kier alpha value is -0.870. The molecule has 0 aromatic carbocycles. The van der Waals surface area contributed by atoms with Crippen LogP contribution in [0.2, 0.25) is 0 Å². The highest BCUT2D eigenvalue weighted by Crippen LogP contribution is 2.19. The Morgan fingerprint density at radius 1 is 1.46 bits per heavy atom. The van der Waals surface area contributed by atoms with Crippen molar-refractivity contribution in [3.05, 3.63) is 17.0 Å². The van der Waals surface area contributed by atoms with Crippen LogP contribution in [0.25, 0.3) is 0 Å². The summed E-state index contributed by atoms with van der Waals surface area (Å²) in [5.74, 6) is 0. The summed E-state index contributed by atoms with van der Waals surface area (Å²) >= 11 is 0. The average Bonchev–Trinajstić information content (AvgIpc) is 2.39. The quantitative estimate of drug-likeness (QED) is 0.654. The van der Waals surface area contributed by atoms with Crippen LogP contribution in [-0.2, 0) is 26.6 Å². The molecule has 0 amide bonds. The van der Waals surface area contributed by atoms with Crippen LogP contribution in [0.3, 0.4) is 0 Å². The number of hydrogen-bond acceptors (Lipinski definition) is 3. The normalized spacial score (nSPS) is 17.5. The molecule has 0 aliphatic carbocycles. The van der Waals surface area contributed by atoms with E-state index in [1.54, 1.807) is 0 Å². The number of aryl methyl sites for hydroxylation is 1. The molecule has 1 aromatic rings. The molecule has 13 heavy (non-hydrogen) atoms. The second kappa shape index (κ2) is 3.12. The fraction of sp³-hybridized carbons (Fsp3) is 0.667.